The van der Waals surface area contributed by atoms with E-state index in [2.05, 4.69) is 26.6 Å². The third-order valence-corrected chi connectivity index (χ3v) is 2.06. The Morgan fingerprint density at radius 1 is 1.50 bits per heavy atom. The second-order valence-corrected chi connectivity index (χ2v) is 3.10. The van der Waals surface area contributed by atoms with Crippen LogP contribution in [0.25, 0.3) is 10.4 Å². The summed E-state index contributed by atoms with van der Waals surface area (Å²) in [6.45, 7) is 0.0576. The fourth-order valence-corrected chi connectivity index (χ4v) is 1.25. The average Bonchev–Trinajstić information content (AvgIpc) is 2.42. The van der Waals surface area contributed by atoms with Crippen LogP contribution in [0.1, 0.15) is 15.9 Å². The number of azide groups is 1. The van der Waals surface area contributed by atoms with Gasteiger partial charge in [-0.15, -0.1) is 0 Å². The Hall–Kier alpha value is -2.64. The van der Waals surface area contributed by atoms with Gasteiger partial charge in [0.2, 0.25) is 0 Å². The number of carbonyl (C=O) groups is 1. The molecule has 1 rings (SSSR count). The van der Waals surface area contributed by atoms with Gasteiger partial charge in [-0.25, -0.2) is 4.79 Å². The standard InChI is InChI=1S/C12H11N3O3/c1-17-11-6-5-10(12(16)18-2)8-9(11)4-3-7-14-15-13/h5-6,8H,7H2,1-2H3. The molecule has 0 amide bonds. The quantitative estimate of drug-likeness (QED) is 0.269. The number of hydrogen-bond donors (Lipinski definition) is 0. The highest BCUT2D eigenvalue weighted by atomic mass is 16.5. The molecule has 1 aromatic carbocycles. The highest BCUT2D eigenvalue weighted by Crippen LogP contribution is 2.19. The number of esters is 1. The van der Waals surface area contributed by atoms with E-state index in [4.69, 9.17) is 10.3 Å². The Bertz CT molecular complexity index is 551. The van der Waals surface area contributed by atoms with Crippen LogP contribution >= 0.6 is 0 Å². The molecule has 1 aromatic rings. The molecular weight excluding hydrogens is 234 g/mol. The van der Waals surface area contributed by atoms with Crippen molar-refractivity contribution in [2.45, 2.75) is 0 Å². The van der Waals surface area contributed by atoms with Gasteiger partial charge in [0.05, 0.1) is 31.9 Å². The summed E-state index contributed by atoms with van der Waals surface area (Å²) in [4.78, 5) is 13.9. The number of methoxy groups -OCH3 is 2. The summed E-state index contributed by atoms with van der Waals surface area (Å²) in [7, 11) is 2.81. The van der Waals surface area contributed by atoms with Crippen molar-refractivity contribution in [1.82, 2.24) is 0 Å². The average molecular weight is 245 g/mol. The first-order chi connectivity index (χ1) is 8.72. The normalized spacial score (nSPS) is 8.56. The maximum atomic E-state index is 11.4. The third kappa shape index (κ3) is 3.44. The minimum atomic E-state index is -0.448. The number of rotatable bonds is 3. The second-order valence-electron chi connectivity index (χ2n) is 3.10. The fraction of sp³-hybridized carbons (Fsp3) is 0.250. The van der Waals surface area contributed by atoms with Crippen molar-refractivity contribution >= 4 is 5.97 Å². The van der Waals surface area contributed by atoms with E-state index in [0.29, 0.717) is 16.9 Å². The highest BCUT2D eigenvalue weighted by Gasteiger charge is 2.08. The maximum Gasteiger partial charge on any atom is 0.337 e. The first kappa shape index (κ1) is 13.4. The van der Waals surface area contributed by atoms with E-state index in [-0.39, 0.29) is 6.54 Å². The molecule has 0 N–H and O–H groups in total. The molecule has 6 heteroatoms. The number of benzene rings is 1. The van der Waals surface area contributed by atoms with E-state index < -0.39 is 5.97 Å². The SMILES string of the molecule is COC(=O)c1ccc(OC)c(C#CCN=[N+]=[N-])c1. The Balaban J connectivity index is 3.08. The van der Waals surface area contributed by atoms with Crippen molar-refractivity contribution in [3.8, 4) is 17.6 Å². The largest absolute Gasteiger partial charge is 0.495 e. The molecule has 6 nitrogen and oxygen atoms in total. The monoisotopic (exact) mass is 245 g/mol. The maximum absolute atomic E-state index is 11.4. The van der Waals surface area contributed by atoms with Gasteiger partial charge in [0.25, 0.3) is 0 Å². The van der Waals surface area contributed by atoms with Crippen LogP contribution in [-0.4, -0.2) is 26.7 Å². The summed E-state index contributed by atoms with van der Waals surface area (Å²) in [5.74, 6) is 5.52. The van der Waals surface area contributed by atoms with Gasteiger partial charge in [-0.05, 0) is 23.7 Å². The van der Waals surface area contributed by atoms with Crippen LogP contribution in [0.2, 0.25) is 0 Å². The summed E-state index contributed by atoms with van der Waals surface area (Å²) in [5, 5.41) is 3.29. The van der Waals surface area contributed by atoms with Gasteiger partial charge in [0.1, 0.15) is 5.75 Å². The molecule has 0 unspecified atom stereocenters. The molecule has 0 radical (unpaired) electrons. The van der Waals surface area contributed by atoms with Gasteiger partial charge in [0.15, 0.2) is 0 Å². The van der Waals surface area contributed by atoms with Gasteiger partial charge < -0.3 is 9.47 Å². The molecule has 92 valence electrons. The molecule has 0 bridgehead atoms. The van der Waals surface area contributed by atoms with E-state index >= 15 is 0 Å². The molecule has 0 aromatic heterocycles. The predicted octanol–water partition coefficient (Wildman–Crippen LogP) is 2.14. The van der Waals surface area contributed by atoms with Gasteiger partial charge in [-0.2, -0.15) is 0 Å². The van der Waals surface area contributed by atoms with Gasteiger partial charge in [-0.1, -0.05) is 17.0 Å². The van der Waals surface area contributed by atoms with Crippen molar-refractivity contribution < 1.29 is 14.3 Å². The lowest BCUT2D eigenvalue weighted by molar-refractivity contribution is 0.0600. The zero-order valence-electron chi connectivity index (χ0n) is 10.0. The molecule has 0 heterocycles. The molecular formula is C12H11N3O3. The molecule has 0 aliphatic rings. The molecule has 0 spiro atoms. The lowest BCUT2D eigenvalue weighted by Crippen LogP contribution is -2.02. The first-order valence-electron chi connectivity index (χ1n) is 4.99. The van der Waals surface area contributed by atoms with E-state index in [0.717, 1.165) is 0 Å². The summed E-state index contributed by atoms with van der Waals surface area (Å²) >= 11 is 0. The molecule has 0 fully saturated rings. The smallest absolute Gasteiger partial charge is 0.337 e. The zero-order chi connectivity index (χ0) is 13.4. The number of carbonyl (C=O) groups excluding carboxylic acids is 1. The van der Waals surface area contributed by atoms with Crippen LogP contribution < -0.4 is 4.74 Å². The van der Waals surface area contributed by atoms with E-state index in [1.54, 1.807) is 18.2 Å². The van der Waals surface area contributed by atoms with Crippen molar-refractivity contribution in [3.05, 3.63) is 39.8 Å². The Morgan fingerprint density at radius 2 is 2.28 bits per heavy atom. The Kier molecular flexibility index (Phi) is 5.10. The molecule has 0 atom stereocenters. The Morgan fingerprint density at radius 3 is 2.89 bits per heavy atom. The fourth-order valence-electron chi connectivity index (χ4n) is 1.25. The molecule has 0 saturated heterocycles. The highest BCUT2D eigenvalue weighted by molar-refractivity contribution is 5.90. The van der Waals surface area contributed by atoms with Crippen LogP contribution in [0.15, 0.2) is 23.3 Å². The molecule has 0 aliphatic heterocycles. The molecule has 18 heavy (non-hydrogen) atoms. The second kappa shape index (κ2) is 6.84. The first-order valence-corrected chi connectivity index (χ1v) is 4.99. The van der Waals surface area contributed by atoms with E-state index in [9.17, 15) is 4.79 Å². The van der Waals surface area contributed by atoms with Crippen LogP contribution in [-0.2, 0) is 4.74 Å². The van der Waals surface area contributed by atoms with Crippen molar-refractivity contribution in [1.29, 1.82) is 0 Å². The van der Waals surface area contributed by atoms with Gasteiger partial charge >= 0.3 is 5.97 Å². The van der Waals surface area contributed by atoms with Crippen molar-refractivity contribution in [3.63, 3.8) is 0 Å². The lowest BCUT2D eigenvalue weighted by atomic mass is 10.1. The van der Waals surface area contributed by atoms with Gasteiger partial charge in [-0.3, -0.25) is 0 Å². The molecule has 0 saturated carbocycles. The number of hydrogen-bond acceptors (Lipinski definition) is 4. The number of ether oxygens (including phenoxy) is 2. The minimum absolute atomic E-state index is 0.0576. The topological polar surface area (TPSA) is 84.3 Å². The van der Waals surface area contributed by atoms with E-state index in [1.165, 1.54) is 14.2 Å². The summed E-state index contributed by atoms with van der Waals surface area (Å²) in [6.07, 6.45) is 0. The Labute approximate surface area is 104 Å². The number of nitrogens with zero attached hydrogens (tertiary/aromatic N) is 3. The lowest BCUT2D eigenvalue weighted by Gasteiger charge is -2.05. The van der Waals surface area contributed by atoms with E-state index in [1.807, 2.05) is 0 Å². The van der Waals surface area contributed by atoms with Crippen LogP contribution in [0.5, 0.6) is 5.75 Å². The summed E-state index contributed by atoms with van der Waals surface area (Å²) in [6, 6.07) is 4.78. The van der Waals surface area contributed by atoms with Crippen molar-refractivity contribution in [2.24, 2.45) is 5.11 Å². The third-order valence-electron chi connectivity index (χ3n) is 2.06. The van der Waals surface area contributed by atoms with Gasteiger partial charge in [0, 0.05) is 4.91 Å². The minimum Gasteiger partial charge on any atom is -0.495 e. The summed E-state index contributed by atoms with van der Waals surface area (Å²) in [5.41, 5.74) is 9.03. The van der Waals surface area contributed by atoms with Crippen LogP contribution in [0.4, 0.5) is 0 Å². The van der Waals surface area contributed by atoms with Crippen LogP contribution in [0.3, 0.4) is 0 Å². The van der Waals surface area contributed by atoms with Crippen LogP contribution in [0, 0.1) is 11.8 Å². The van der Waals surface area contributed by atoms with Crippen molar-refractivity contribution in [2.75, 3.05) is 20.8 Å². The zero-order valence-corrected chi connectivity index (χ0v) is 10.0. The molecule has 0 aliphatic carbocycles. The predicted molar refractivity (Wildman–Crippen MR) is 65.2 cm³/mol. The summed E-state index contributed by atoms with van der Waals surface area (Å²) < 4.78 is 9.73.